The molecule has 3 nitrogen and oxygen atoms in total. The van der Waals surface area contributed by atoms with Gasteiger partial charge < -0.3 is 5.32 Å². The van der Waals surface area contributed by atoms with Crippen molar-refractivity contribution in [1.29, 1.82) is 0 Å². The summed E-state index contributed by atoms with van der Waals surface area (Å²) in [5, 5.41) is 3.80. The maximum absolute atomic E-state index is 5.97. The van der Waals surface area contributed by atoms with Gasteiger partial charge in [-0.3, -0.25) is 0 Å². The van der Waals surface area contributed by atoms with Crippen LogP contribution in [0.5, 0.6) is 0 Å². The highest BCUT2D eigenvalue weighted by Gasteiger charge is 2.08. The SMILES string of the molecule is CCc1cc(NC)nc(-c2ccc(Cl)cc2C)n1. The van der Waals surface area contributed by atoms with Crippen molar-refractivity contribution < 1.29 is 0 Å². The summed E-state index contributed by atoms with van der Waals surface area (Å²) in [6, 6.07) is 7.73. The number of aryl methyl sites for hydroxylation is 2. The van der Waals surface area contributed by atoms with Gasteiger partial charge in [0, 0.05) is 29.4 Å². The smallest absolute Gasteiger partial charge is 0.162 e. The van der Waals surface area contributed by atoms with E-state index in [1.54, 1.807) is 0 Å². The third kappa shape index (κ3) is 2.62. The van der Waals surface area contributed by atoms with E-state index in [1.165, 1.54) is 0 Å². The number of hydrogen-bond acceptors (Lipinski definition) is 3. The van der Waals surface area contributed by atoms with Gasteiger partial charge in [-0.15, -0.1) is 0 Å². The van der Waals surface area contributed by atoms with Crippen molar-refractivity contribution in [1.82, 2.24) is 9.97 Å². The van der Waals surface area contributed by atoms with Gasteiger partial charge in [0.15, 0.2) is 5.82 Å². The van der Waals surface area contributed by atoms with Crippen LogP contribution in [0.25, 0.3) is 11.4 Å². The summed E-state index contributed by atoms with van der Waals surface area (Å²) in [7, 11) is 1.86. The minimum atomic E-state index is 0.733. The summed E-state index contributed by atoms with van der Waals surface area (Å²) in [6.07, 6.45) is 0.886. The molecule has 2 aromatic rings. The summed E-state index contributed by atoms with van der Waals surface area (Å²) in [6.45, 7) is 4.10. The molecule has 0 saturated carbocycles. The Morgan fingerprint density at radius 3 is 2.61 bits per heavy atom. The molecule has 2 rings (SSSR count). The number of benzene rings is 1. The van der Waals surface area contributed by atoms with Crippen LogP contribution in [0.2, 0.25) is 5.02 Å². The Kier molecular flexibility index (Phi) is 3.82. The molecule has 0 atom stereocenters. The van der Waals surface area contributed by atoms with E-state index in [0.29, 0.717) is 0 Å². The predicted molar refractivity (Wildman–Crippen MR) is 76.1 cm³/mol. The maximum atomic E-state index is 5.97. The standard InChI is InChI=1S/C14H16ClN3/c1-4-11-8-13(16-3)18-14(17-11)12-6-5-10(15)7-9(12)2/h5-8H,4H2,1-3H3,(H,16,17,18). The largest absolute Gasteiger partial charge is 0.373 e. The lowest BCUT2D eigenvalue weighted by molar-refractivity contribution is 1.00. The monoisotopic (exact) mass is 261 g/mol. The number of rotatable bonds is 3. The molecule has 0 aliphatic carbocycles. The highest BCUT2D eigenvalue weighted by atomic mass is 35.5. The Hall–Kier alpha value is -1.61. The quantitative estimate of drug-likeness (QED) is 0.915. The second kappa shape index (κ2) is 5.36. The first-order valence-electron chi connectivity index (χ1n) is 5.96. The van der Waals surface area contributed by atoms with E-state index in [1.807, 2.05) is 38.2 Å². The number of aromatic nitrogens is 2. The summed E-state index contributed by atoms with van der Waals surface area (Å²) in [5.41, 5.74) is 3.13. The van der Waals surface area contributed by atoms with Crippen molar-refractivity contribution in [3.8, 4) is 11.4 Å². The Balaban J connectivity index is 2.55. The molecule has 0 aliphatic rings. The highest BCUT2D eigenvalue weighted by Crippen LogP contribution is 2.24. The Morgan fingerprint density at radius 2 is 2.00 bits per heavy atom. The molecule has 18 heavy (non-hydrogen) atoms. The average molecular weight is 262 g/mol. The lowest BCUT2D eigenvalue weighted by Crippen LogP contribution is -2.01. The first-order valence-corrected chi connectivity index (χ1v) is 6.34. The van der Waals surface area contributed by atoms with Crippen LogP contribution in [0.3, 0.4) is 0 Å². The van der Waals surface area contributed by atoms with Crippen LogP contribution in [0, 0.1) is 6.92 Å². The summed E-state index contributed by atoms with van der Waals surface area (Å²) in [4.78, 5) is 9.06. The Labute approximate surface area is 112 Å². The van der Waals surface area contributed by atoms with Crippen LogP contribution < -0.4 is 5.32 Å². The number of hydrogen-bond donors (Lipinski definition) is 1. The zero-order valence-electron chi connectivity index (χ0n) is 10.8. The van der Waals surface area contributed by atoms with E-state index >= 15 is 0 Å². The average Bonchev–Trinajstić information content (AvgIpc) is 2.38. The zero-order chi connectivity index (χ0) is 13.1. The second-order valence-electron chi connectivity index (χ2n) is 4.13. The molecule has 1 aromatic heterocycles. The fourth-order valence-corrected chi connectivity index (χ4v) is 2.03. The minimum Gasteiger partial charge on any atom is -0.373 e. The van der Waals surface area contributed by atoms with Crippen molar-refractivity contribution in [2.75, 3.05) is 12.4 Å². The minimum absolute atomic E-state index is 0.733. The van der Waals surface area contributed by atoms with Gasteiger partial charge in [-0.25, -0.2) is 9.97 Å². The van der Waals surface area contributed by atoms with Crippen LogP contribution in [0.4, 0.5) is 5.82 Å². The van der Waals surface area contributed by atoms with Gasteiger partial charge >= 0.3 is 0 Å². The van der Waals surface area contributed by atoms with E-state index < -0.39 is 0 Å². The first-order chi connectivity index (χ1) is 8.63. The first kappa shape index (κ1) is 12.8. The van der Waals surface area contributed by atoms with Crippen LogP contribution in [-0.2, 0) is 6.42 Å². The van der Waals surface area contributed by atoms with Gasteiger partial charge in [-0.1, -0.05) is 18.5 Å². The van der Waals surface area contributed by atoms with E-state index in [2.05, 4.69) is 22.2 Å². The number of halogens is 1. The molecule has 0 aliphatic heterocycles. The van der Waals surface area contributed by atoms with Gasteiger partial charge in [0.25, 0.3) is 0 Å². The summed E-state index contributed by atoms with van der Waals surface area (Å²) < 4.78 is 0. The molecule has 0 spiro atoms. The Morgan fingerprint density at radius 1 is 1.22 bits per heavy atom. The lowest BCUT2D eigenvalue weighted by atomic mass is 10.1. The molecule has 1 aromatic carbocycles. The van der Waals surface area contributed by atoms with Crippen LogP contribution in [-0.4, -0.2) is 17.0 Å². The third-order valence-corrected chi connectivity index (χ3v) is 3.06. The topological polar surface area (TPSA) is 37.8 Å². The van der Waals surface area contributed by atoms with E-state index in [-0.39, 0.29) is 0 Å². The number of nitrogens with one attached hydrogen (secondary N) is 1. The fourth-order valence-electron chi connectivity index (χ4n) is 1.81. The summed E-state index contributed by atoms with van der Waals surface area (Å²) >= 11 is 5.97. The van der Waals surface area contributed by atoms with Gasteiger partial charge in [-0.05, 0) is 37.1 Å². The van der Waals surface area contributed by atoms with Crippen molar-refractivity contribution in [2.24, 2.45) is 0 Å². The second-order valence-corrected chi connectivity index (χ2v) is 4.57. The summed E-state index contributed by atoms with van der Waals surface area (Å²) in [5.74, 6) is 1.58. The zero-order valence-corrected chi connectivity index (χ0v) is 11.5. The van der Waals surface area contributed by atoms with E-state index in [4.69, 9.17) is 11.6 Å². The normalized spacial score (nSPS) is 10.4. The third-order valence-electron chi connectivity index (χ3n) is 2.83. The van der Waals surface area contributed by atoms with Crippen molar-refractivity contribution >= 4 is 17.4 Å². The molecule has 4 heteroatoms. The molecular formula is C14H16ClN3. The Bertz CT molecular complexity index is 545. The molecule has 0 amide bonds. The molecule has 1 heterocycles. The van der Waals surface area contributed by atoms with Gasteiger partial charge in [0.1, 0.15) is 5.82 Å². The fraction of sp³-hybridized carbons (Fsp3) is 0.286. The molecule has 0 fully saturated rings. The van der Waals surface area contributed by atoms with Crippen LogP contribution >= 0.6 is 11.6 Å². The van der Waals surface area contributed by atoms with Crippen molar-refractivity contribution in [3.63, 3.8) is 0 Å². The van der Waals surface area contributed by atoms with E-state index in [0.717, 1.165) is 39.9 Å². The van der Waals surface area contributed by atoms with Gasteiger partial charge in [0.05, 0.1) is 0 Å². The molecular weight excluding hydrogens is 246 g/mol. The maximum Gasteiger partial charge on any atom is 0.162 e. The molecule has 1 N–H and O–H groups in total. The highest BCUT2D eigenvalue weighted by molar-refractivity contribution is 6.30. The van der Waals surface area contributed by atoms with Gasteiger partial charge in [0.2, 0.25) is 0 Å². The van der Waals surface area contributed by atoms with Crippen LogP contribution in [0.15, 0.2) is 24.3 Å². The predicted octanol–water partition coefficient (Wildman–Crippen LogP) is 3.71. The number of anilines is 1. The molecule has 0 radical (unpaired) electrons. The number of nitrogens with zero attached hydrogens (tertiary/aromatic N) is 2. The molecule has 94 valence electrons. The van der Waals surface area contributed by atoms with E-state index in [9.17, 15) is 0 Å². The van der Waals surface area contributed by atoms with Gasteiger partial charge in [-0.2, -0.15) is 0 Å². The van der Waals surface area contributed by atoms with Crippen LogP contribution in [0.1, 0.15) is 18.2 Å². The van der Waals surface area contributed by atoms with Crippen molar-refractivity contribution in [2.45, 2.75) is 20.3 Å². The lowest BCUT2D eigenvalue weighted by Gasteiger charge is -2.09. The molecule has 0 saturated heterocycles. The van der Waals surface area contributed by atoms with Crippen molar-refractivity contribution in [3.05, 3.63) is 40.5 Å². The molecule has 0 bridgehead atoms. The molecule has 0 unspecified atom stereocenters.